The Morgan fingerprint density at radius 1 is 1.06 bits per heavy atom. The number of amides is 2. The number of hydrogen-bond acceptors (Lipinski definition) is 6. The second-order valence-corrected chi connectivity index (χ2v) is 8.50. The highest BCUT2D eigenvalue weighted by Crippen LogP contribution is 2.24. The van der Waals surface area contributed by atoms with Gasteiger partial charge in [-0.3, -0.25) is 14.0 Å². The van der Waals surface area contributed by atoms with Gasteiger partial charge in [0.05, 0.1) is 35.8 Å². The van der Waals surface area contributed by atoms with Gasteiger partial charge in [-0.2, -0.15) is 5.26 Å². The van der Waals surface area contributed by atoms with Crippen molar-refractivity contribution >= 4 is 28.8 Å². The molecule has 3 N–H and O–H groups in total. The van der Waals surface area contributed by atoms with Crippen LogP contribution in [0, 0.1) is 17.2 Å². The first-order valence-corrected chi connectivity index (χ1v) is 11.1. The summed E-state index contributed by atoms with van der Waals surface area (Å²) >= 11 is 0. The highest BCUT2D eigenvalue weighted by atomic mass is 16.2. The SMILES string of the molecule is CC(C)[C@H](N)C(=O)Nc1ccc(-c2cnc3cnc(C(=O)N(C)c4ccc(C#N)cc4)cn23)cc1. The van der Waals surface area contributed by atoms with Gasteiger partial charge in [0.25, 0.3) is 5.91 Å². The van der Waals surface area contributed by atoms with Crippen LogP contribution in [-0.2, 0) is 4.79 Å². The fraction of sp³-hybridized carbons (Fsp3) is 0.192. The first kappa shape index (κ1) is 23.6. The summed E-state index contributed by atoms with van der Waals surface area (Å²) in [5.74, 6) is -0.493. The minimum absolute atomic E-state index is 0.0360. The van der Waals surface area contributed by atoms with E-state index < -0.39 is 6.04 Å². The quantitative estimate of drug-likeness (QED) is 0.447. The number of benzene rings is 2. The van der Waals surface area contributed by atoms with Gasteiger partial charge >= 0.3 is 0 Å². The van der Waals surface area contributed by atoms with Crippen LogP contribution in [0.25, 0.3) is 16.9 Å². The van der Waals surface area contributed by atoms with Gasteiger partial charge in [0.1, 0.15) is 5.69 Å². The number of imidazole rings is 1. The average molecular weight is 468 g/mol. The molecule has 9 heteroatoms. The van der Waals surface area contributed by atoms with E-state index >= 15 is 0 Å². The first-order chi connectivity index (χ1) is 16.8. The van der Waals surface area contributed by atoms with E-state index in [4.69, 9.17) is 11.0 Å². The molecule has 0 radical (unpaired) electrons. The molecule has 0 saturated heterocycles. The van der Waals surface area contributed by atoms with Crippen LogP contribution < -0.4 is 16.0 Å². The lowest BCUT2D eigenvalue weighted by Crippen LogP contribution is -2.39. The fourth-order valence-electron chi connectivity index (χ4n) is 3.51. The molecule has 0 aliphatic carbocycles. The molecule has 2 aromatic carbocycles. The summed E-state index contributed by atoms with van der Waals surface area (Å²) in [5, 5.41) is 11.8. The summed E-state index contributed by atoms with van der Waals surface area (Å²) < 4.78 is 1.80. The van der Waals surface area contributed by atoms with Gasteiger partial charge in [-0.15, -0.1) is 0 Å². The normalized spacial score (nSPS) is 11.8. The Balaban J connectivity index is 1.58. The number of carbonyl (C=O) groups is 2. The molecular weight excluding hydrogens is 442 g/mol. The summed E-state index contributed by atoms with van der Waals surface area (Å²) in [7, 11) is 1.66. The lowest BCUT2D eigenvalue weighted by molar-refractivity contribution is -0.118. The van der Waals surface area contributed by atoms with Crippen LogP contribution >= 0.6 is 0 Å². The van der Waals surface area contributed by atoms with Crippen molar-refractivity contribution < 1.29 is 9.59 Å². The van der Waals surface area contributed by atoms with Crippen LogP contribution in [0.4, 0.5) is 11.4 Å². The molecule has 35 heavy (non-hydrogen) atoms. The van der Waals surface area contributed by atoms with Gasteiger partial charge in [-0.05, 0) is 42.3 Å². The van der Waals surface area contributed by atoms with E-state index in [1.807, 2.05) is 26.0 Å². The third-order valence-electron chi connectivity index (χ3n) is 5.77. The second kappa shape index (κ2) is 9.75. The largest absolute Gasteiger partial charge is 0.325 e. The predicted octanol–water partition coefficient (Wildman–Crippen LogP) is 3.47. The summed E-state index contributed by atoms with van der Waals surface area (Å²) in [6.07, 6.45) is 4.90. The number of hydrogen-bond donors (Lipinski definition) is 2. The molecule has 4 aromatic rings. The van der Waals surface area contributed by atoms with Crippen molar-refractivity contribution in [2.75, 3.05) is 17.3 Å². The molecule has 0 spiro atoms. The summed E-state index contributed by atoms with van der Waals surface area (Å²) in [6.45, 7) is 3.79. The van der Waals surface area contributed by atoms with Gasteiger partial charge in [0.2, 0.25) is 5.91 Å². The molecule has 0 aliphatic rings. The van der Waals surface area contributed by atoms with E-state index in [2.05, 4.69) is 21.4 Å². The van der Waals surface area contributed by atoms with Crippen LogP contribution in [0.5, 0.6) is 0 Å². The van der Waals surface area contributed by atoms with Gasteiger partial charge in [0, 0.05) is 30.2 Å². The molecule has 176 valence electrons. The van der Waals surface area contributed by atoms with Crippen LogP contribution in [0.15, 0.2) is 67.1 Å². The molecule has 0 saturated carbocycles. The Hall–Kier alpha value is -4.55. The van der Waals surface area contributed by atoms with Crippen molar-refractivity contribution in [3.05, 3.63) is 78.4 Å². The smallest absolute Gasteiger partial charge is 0.278 e. The van der Waals surface area contributed by atoms with Crippen molar-refractivity contribution in [2.24, 2.45) is 11.7 Å². The first-order valence-electron chi connectivity index (χ1n) is 11.1. The minimum atomic E-state index is -0.584. The maximum atomic E-state index is 13.1. The van der Waals surface area contributed by atoms with Gasteiger partial charge in [-0.1, -0.05) is 26.0 Å². The van der Waals surface area contributed by atoms with Gasteiger partial charge < -0.3 is 16.0 Å². The number of rotatable bonds is 6. The van der Waals surface area contributed by atoms with Crippen LogP contribution in [0.2, 0.25) is 0 Å². The number of nitrogens with two attached hydrogens (primary N) is 1. The maximum Gasteiger partial charge on any atom is 0.278 e. The Bertz CT molecular complexity index is 1420. The number of anilines is 2. The maximum absolute atomic E-state index is 13.1. The number of nitrogens with one attached hydrogen (secondary N) is 1. The van der Waals surface area contributed by atoms with E-state index in [0.717, 1.165) is 11.3 Å². The average Bonchev–Trinajstić information content (AvgIpc) is 3.31. The Labute approximate surface area is 202 Å². The van der Waals surface area contributed by atoms with E-state index in [9.17, 15) is 9.59 Å². The summed E-state index contributed by atoms with van der Waals surface area (Å²) in [5.41, 5.74) is 10.2. The summed E-state index contributed by atoms with van der Waals surface area (Å²) in [4.78, 5) is 35.5. The molecule has 4 rings (SSSR count). The van der Waals surface area contributed by atoms with E-state index in [1.54, 1.807) is 66.4 Å². The highest BCUT2D eigenvalue weighted by molar-refractivity contribution is 6.04. The van der Waals surface area contributed by atoms with E-state index in [-0.39, 0.29) is 23.4 Å². The van der Waals surface area contributed by atoms with Crippen molar-refractivity contribution in [1.29, 1.82) is 5.26 Å². The van der Waals surface area contributed by atoms with E-state index in [0.29, 0.717) is 22.6 Å². The molecule has 2 amide bonds. The third-order valence-corrected chi connectivity index (χ3v) is 5.77. The molecule has 1 atom stereocenters. The zero-order valence-electron chi connectivity index (χ0n) is 19.6. The molecule has 2 aromatic heterocycles. The second-order valence-electron chi connectivity index (χ2n) is 8.50. The zero-order chi connectivity index (χ0) is 25.1. The number of aromatic nitrogens is 3. The third kappa shape index (κ3) is 4.88. The standard InChI is InChI=1S/C26H25N7O2/c1-16(2)24(28)25(34)31-19-8-6-18(7-9-19)22-13-30-23-14-29-21(15-33(22)23)26(35)32(3)20-10-4-17(12-27)5-11-20/h4-11,13-16,24H,28H2,1-3H3,(H,31,34)/t24-/m0/s1. The van der Waals surface area contributed by atoms with Gasteiger partial charge in [0.15, 0.2) is 5.65 Å². The van der Waals surface area contributed by atoms with Gasteiger partial charge in [-0.25, -0.2) is 9.97 Å². The topological polar surface area (TPSA) is 129 Å². The number of nitrogens with zero attached hydrogens (tertiary/aromatic N) is 5. The lowest BCUT2D eigenvalue weighted by Gasteiger charge is -2.17. The number of nitriles is 1. The predicted molar refractivity (Wildman–Crippen MR) is 134 cm³/mol. The van der Waals surface area contributed by atoms with Crippen molar-refractivity contribution in [1.82, 2.24) is 14.4 Å². The Kier molecular flexibility index (Phi) is 6.57. The molecule has 2 heterocycles. The molecule has 0 fully saturated rings. The fourth-order valence-corrected chi connectivity index (χ4v) is 3.51. The van der Waals surface area contributed by atoms with Crippen LogP contribution in [0.1, 0.15) is 29.9 Å². The molecule has 0 unspecified atom stereocenters. The highest BCUT2D eigenvalue weighted by Gasteiger charge is 2.19. The number of fused-ring (bicyclic) bond motifs is 1. The molecular formula is C26H25N7O2. The zero-order valence-corrected chi connectivity index (χ0v) is 19.6. The lowest BCUT2D eigenvalue weighted by atomic mass is 10.0. The Morgan fingerprint density at radius 3 is 2.37 bits per heavy atom. The minimum Gasteiger partial charge on any atom is -0.325 e. The molecule has 0 bridgehead atoms. The van der Waals surface area contributed by atoms with Crippen LogP contribution in [0.3, 0.4) is 0 Å². The molecule has 9 nitrogen and oxygen atoms in total. The summed E-state index contributed by atoms with van der Waals surface area (Å²) in [6, 6.07) is 15.6. The Morgan fingerprint density at radius 2 is 1.74 bits per heavy atom. The van der Waals surface area contributed by atoms with Crippen molar-refractivity contribution in [3.8, 4) is 17.3 Å². The van der Waals surface area contributed by atoms with Crippen molar-refractivity contribution in [2.45, 2.75) is 19.9 Å². The van der Waals surface area contributed by atoms with Crippen molar-refractivity contribution in [3.63, 3.8) is 0 Å². The van der Waals surface area contributed by atoms with Crippen LogP contribution in [-0.4, -0.2) is 39.3 Å². The number of carbonyl (C=O) groups excluding carboxylic acids is 2. The van der Waals surface area contributed by atoms with E-state index in [1.165, 1.54) is 4.90 Å². The molecule has 0 aliphatic heterocycles. The monoisotopic (exact) mass is 467 g/mol.